The fraction of sp³-hybridized carbons (Fsp3) is 0.250. The molecule has 1 saturated heterocycles. The second-order valence-corrected chi connectivity index (χ2v) is 8.91. The van der Waals surface area contributed by atoms with Crippen LogP contribution >= 0.6 is 0 Å². The van der Waals surface area contributed by atoms with Gasteiger partial charge in [0.2, 0.25) is 11.2 Å². The number of fused-ring (bicyclic) bond motifs is 1. The quantitative estimate of drug-likeness (QED) is 0.349. The van der Waals surface area contributed by atoms with Crippen molar-refractivity contribution in [1.82, 2.24) is 4.90 Å². The van der Waals surface area contributed by atoms with Crippen molar-refractivity contribution in [3.05, 3.63) is 88.3 Å². The molecule has 7 nitrogen and oxygen atoms in total. The molecule has 38 heavy (non-hydrogen) atoms. The smallest absolute Gasteiger partial charge is 0.453 e. The molecule has 0 saturated carbocycles. The fourth-order valence-corrected chi connectivity index (χ4v) is 4.53. The van der Waals surface area contributed by atoms with E-state index < -0.39 is 23.1 Å². The summed E-state index contributed by atoms with van der Waals surface area (Å²) in [5.74, 6) is -2.47. The van der Waals surface area contributed by atoms with Crippen LogP contribution in [0.2, 0.25) is 0 Å². The van der Waals surface area contributed by atoms with E-state index in [1.165, 1.54) is 37.4 Å². The van der Waals surface area contributed by atoms with Crippen molar-refractivity contribution < 1.29 is 32.2 Å². The van der Waals surface area contributed by atoms with E-state index in [4.69, 9.17) is 13.9 Å². The van der Waals surface area contributed by atoms with Gasteiger partial charge in [-0.3, -0.25) is 9.69 Å². The van der Waals surface area contributed by atoms with E-state index in [2.05, 4.69) is 4.90 Å². The SMILES string of the molecule is COc1cccc(Oc2c(C(F)(F)F)oc3c(CN4CCN(c5ccccc5)CC4)c(O)ccc3c2=O)c1. The second kappa shape index (κ2) is 10.3. The molecule has 0 aliphatic carbocycles. The molecule has 3 aromatic carbocycles. The predicted octanol–water partition coefficient (Wildman–Crippen LogP) is 5.64. The molecule has 0 unspecified atom stereocenters. The van der Waals surface area contributed by atoms with Crippen LogP contribution in [-0.2, 0) is 12.7 Å². The highest BCUT2D eigenvalue weighted by Crippen LogP contribution is 2.40. The minimum absolute atomic E-state index is 0.0169. The van der Waals surface area contributed by atoms with Crippen LogP contribution in [-0.4, -0.2) is 43.3 Å². The van der Waals surface area contributed by atoms with Crippen molar-refractivity contribution in [2.75, 3.05) is 38.2 Å². The molecule has 0 bridgehead atoms. The van der Waals surface area contributed by atoms with Crippen molar-refractivity contribution in [3.63, 3.8) is 0 Å². The Kier molecular flexibility index (Phi) is 6.90. The Morgan fingerprint density at radius 2 is 1.66 bits per heavy atom. The van der Waals surface area contributed by atoms with Crippen LogP contribution in [0.4, 0.5) is 18.9 Å². The first-order valence-corrected chi connectivity index (χ1v) is 12.0. The van der Waals surface area contributed by atoms with Crippen LogP contribution in [0.3, 0.4) is 0 Å². The van der Waals surface area contributed by atoms with Gasteiger partial charge in [-0.15, -0.1) is 0 Å². The molecule has 1 aliphatic rings. The van der Waals surface area contributed by atoms with Crippen LogP contribution < -0.4 is 19.8 Å². The van der Waals surface area contributed by atoms with E-state index >= 15 is 0 Å². The molecule has 1 fully saturated rings. The maximum Gasteiger partial charge on any atom is 0.453 e. The molecule has 4 aromatic rings. The Bertz CT molecular complexity index is 1500. The van der Waals surface area contributed by atoms with Gasteiger partial charge in [-0.05, 0) is 36.4 Å². The molecular formula is C28H25F3N2O5. The number of phenols is 1. The van der Waals surface area contributed by atoms with E-state index in [0.29, 0.717) is 31.9 Å². The molecule has 0 amide bonds. The maximum absolute atomic E-state index is 14.1. The Morgan fingerprint density at radius 3 is 2.34 bits per heavy atom. The van der Waals surface area contributed by atoms with Crippen LogP contribution in [0.1, 0.15) is 11.3 Å². The topological polar surface area (TPSA) is 75.4 Å². The zero-order valence-corrected chi connectivity index (χ0v) is 20.5. The lowest BCUT2D eigenvalue weighted by Crippen LogP contribution is -2.46. The number of aromatic hydroxyl groups is 1. The number of hydrogen-bond donors (Lipinski definition) is 1. The number of anilines is 1. The van der Waals surface area contributed by atoms with Crippen LogP contribution in [0.5, 0.6) is 23.0 Å². The van der Waals surface area contributed by atoms with Crippen molar-refractivity contribution in [2.24, 2.45) is 0 Å². The lowest BCUT2D eigenvalue weighted by Gasteiger charge is -2.36. The van der Waals surface area contributed by atoms with Crippen molar-refractivity contribution in [2.45, 2.75) is 12.7 Å². The first kappa shape index (κ1) is 25.5. The van der Waals surface area contributed by atoms with Gasteiger partial charge in [0.15, 0.2) is 0 Å². The zero-order valence-electron chi connectivity index (χ0n) is 20.5. The summed E-state index contributed by atoms with van der Waals surface area (Å²) in [5.41, 5.74) is -0.0990. The van der Waals surface area contributed by atoms with E-state index in [-0.39, 0.29) is 34.6 Å². The van der Waals surface area contributed by atoms with E-state index in [9.17, 15) is 23.1 Å². The third-order valence-electron chi connectivity index (χ3n) is 6.49. The summed E-state index contributed by atoms with van der Waals surface area (Å²) < 4.78 is 58.1. The Hall–Kier alpha value is -4.18. The highest BCUT2D eigenvalue weighted by molar-refractivity contribution is 5.83. The van der Waals surface area contributed by atoms with Gasteiger partial charge in [0.1, 0.15) is 22.8 Å². The lowest BCUT2D eigenvalue weighted by atomic mass is 10.1. The van der Waals surface area contributed by atoms with Gasteiger partial charge in [0, 0.05) is 44.5 Å². The van der Waals surface area contributed by atoms with Gasteiger partial charge in [-0.25, -0.2) is 0 Å². The minimum atomic E-state index is -5.02. The van der Waals surface area contributed by atoms with E-state index in [1.54, 1.807) is 6.07 Å². The van der Waals surface area contributed by atoms with Crippen LogP contribution in [0.25, 0.3) is 11.0 Å². The number of nitrogens with zero attached hydrogens (tertiary/aromatic N) is 2. The molecule has 1 aromatic heterocycles. The number of phenolic OH excluding ortho intramolecular Hbond substituents is 1. The van der Waals surface area contributed by atoms with Gasteiger partial charge in [0.25, 0.3) is 5.76 Å². The van der Waals surface area contributed by atoms with Crippen LogP contribution in [0.15, 0.2) is 75.9 Å². The first-order valence-electron chi connectivity index (χ1n) is 12.0. The summed E-state index contributed by atoms with van der Waals surface area (Å²) in [5, 5.41) is 10.5. The minimum Gasteiger partial charge on any atom is -0.507 e. The predicted molar refractivity (Wildman–Crippen MR) is 136 cm³/mol. The van der Waals surface area contributed by atoms with Crippen molar-refractivity contribution in [3.8, 4) is 23.0 Å². The molecule has 2 heterocycles. The standard InChI is InChI=1S/C28H25F3N2O5/c1-36-19-8-5-9-20(16-19)37-26-24(35)21-10-11-23(34)22(25(21)38-27(26)28(29,30)31)17-32-12-14-33(15-13-32)18-6-3-2-4-7-18/h2-11,16,34H,12-15,17H2,1H3. The third-order valence-corrected chi connectivity index (χ3v) is 6.49. The van der Waals surface area contributed by atoms with E-state index in [1.807, 2.05) is 35.2 Å². The lowest BCUT2D eigenvalue weighted by molar-refractivity contribution is -0.154. The zero-order chi connectivity index (χ0) is 26.9. The molecular weight excluding hydrogens is 501 g/mol. The number of methoxy groups -OCH3 is 1. The van der Waals surface area contributed by atoms with Gasteiger partial charge >= 0.3 is 6.18 Å². The number of alkyl halides is 3. The van der Waals surface area contributed by atoms with Crippen molar-refractivity contribution in [1.29, 1.82) is 0 Å². The largest absolute Gasteiger partial charge is 0.507 e. The van der Waals surface area contributed by atoms with Gasteiger partial charge in [-0.1, -0.05) is 24.3 Å². The Balaban J connectivity index is 1.49. The van der Waals surface area contributed by atoms with E-state index in [0.717, 1.165) is 5.69 Å². The number of halogens is 3. The molecule has 1 aliphatic heterocycles. The van der Waals surface area contributed by atoms with Gasteiger partial charge in [0.05, 0.1) is 18.1 Å². The van der Waals surface area contributed by atoms with Crippen molar-refractivity contribution >= 4 is 16.7 Å². The summed E-state index contributed by atoms with van der Waals surface area (Å²) in [7, 11) is 1.40. The molecule has 0 atom stereocenters. The van der Waals surface area contributed by atoms with Gasteiger partial charge in [-0.2, -0.15) is 13.2 Å². The summed E-state index contributed by atoms with van der Waals surface area (Å²) in [6.07, 6.45) is -5.02. The Morgan fingerprint density at radius 1 is 0.947 bits per heavy atom. The number of hydrogen-bond acceptors (Lipinski definition) is 7. The monoisotopic (exact) mass is 526 g/mol. The average molecular weight is 527 g/mol. The normalized spacial score (nSPS) is 14.6. The number of piperazine rings is 1. The first-order chi connectivity index (χ1) is 18.2. The number of ether oxygens (including phenoxy) is 2. The van der Waals surface area contributed by atoms with Crippen LogP contribution in [0, 0.1) is 0 Å². The molecule has 5 rings (SSSR count). The van der Waals surface area contributed by atoms with Gasteiger partial charge < -0.3 is 23.9 Å². The summed E-state index contributed by atoms with van der Waals surface area (Å²) in [4.78, 5) is 17.5. The number of rotatable bonds is 6. The summed E-state index contributed by atoms with van der Waals surface area (Å²) >= 11 is 0. The molecule has 1 N–H and O–H groups in total. The fourth-order valence-electron chi connectivity index (χ4n) is 4.53. The maximum atomic E-state index is 14.1. The molecule has 0 radical (unpaired) electrons. The number of para-hydroxylation sites is 1. The molecule has 10 heteroatoms. The molecule has 198 valence electrons. The Labute approximate surface area is 216 Å². The highest BCUT2D eigenvalue weighted by atomic mass is 19.4. The summed E-state index contributed by atoms with van der Waals surface area (Å²) in [6.45, 7) is 2.73. The highest BCUT2D eigenvalue weighted by Gasteiger charge is 2.41. The summed E-state index contributed by atoms with van der Waals surface area (Å²) in [6, 6.07) is 18.3. The second-order valence-electron chi connectivity index (χ2n) is 8.91. The third kappa shape index (κ3) is 5.12. The number of benzene rings is 3. The average Bonchev–Trinajstić information content (AvgIpc) is 2.92. The molecule has 0 spiro atoms.